The first-order valence-corrected chi connectivity index (χ1v) is 12.2. The van der Waals surface area contributed by atoms with E-state index in [0.717, 1.165) is 20.1 Å². The summed E-state index contributed by atoms with van der Waals surface area (Å²) in [6.45, 7) is 5.45. The number of benzene rings is 2. The third-order valence-corrected chi connectivity index (χ3v) is 8.23. The predicted octanol–water partition coefficient (Wildman–Crippen LogP) is 5.17. The van der Waals surface area contributed by atoms with Crippen molar-refractivity contribution in [2.24, 2.45) is 4.40 Å². The number of nitrogens with zero attached hydrogens (tertiary/aromatic N) is 2. The Labute approximate surface area is 183 Å². The molecule has 5 nitrogen and oxygen atoms in total. The smallest absolute Gasteiger partial charge is 0.283 e. The molecule has 3 aromatic rings. The van der Waals surface area contributed by atoms with Crippen LogP contribution in [0.25, 0.3) is 10.2 Å². The fourth-order valence-corrected chi connectivity index (χ4v) is 6.88. The molecule has 1 heterocycles. The highest BCUT2D eigenvalue weighted by Gasteiger charge is 2.22. The third kappa shape index (κ3) is 4.16. The van der Waals surface area contributed by atoms with Crippen molar-refractivity contribution in [1.29, 1.82) is 0 Å². The number of aryl methyl sites for hydroxylation is 3. The molecule has 2 aromatic carbocycles. The van der Waals surface area contributed by atoms with Crippen LogP contribution in [-0.2, 0) is 14.8 Å². The average Bonchev–Trinajstić information content (AvgIpc) is 3.05. The summed E-state index contributed by atoms with van der Waals surface area (Å²) in [6.07, 6.45) is 4.29. The Morgan fingerprint density at radius 2 is 1.73 bits per heavy atom. The molecule has 0 radical (unpaired) electrons. The van der Waals surface area contributed by atoms with Crippen molar-refractivity contribution in [1.82, 2.24) is 4.98 Å². The van der Waals surface area contributed by atoms with Crippen LogP contribution >= 0.6 is 23.1 Å². The highest BCUT2D eigenvalue weighted by molar-refractivity contribution is 8.05. The molecule has 0 unspecified atom stereocenters. The number of para-hydroxylation sites is 1. The summed E-state index contributed by atoms with van der Waals surface area (Å²) < 4.78 is 31.7. The van der Waals surface area contributed by atoms with Gasteiger partial charge in [-0.1, -0.05) is 41.6 Å². The summed E-state index contributed by atoms with van der Waals surface area (Å²) in [4.78, 5) is 17.5. The molecule has 152 valence electrons. The molecule has 1 aliphatic rings. The predicted molar refractivity (Wildman–Crippen MR) is 123 cm³/mol. The van der Waals surface area contributed by atoms with Gasteiger partial charge in [-0.05, 0) is 62.3 Å². The van der Waals surface area contributed by atoms with Gasteiger partial charge >= 0.3 is 0 Å². The van der Waals surface area contributed by atoms with E-state index in [-0.39, 0.29) is 16.4 Å². The second-order valence-electron chi connectivity index (χ2n) is 6.97. The summed E-state index contributed by atoms with van der Waals surface area (Å²) in [7, 11) is -3.91. The van der Waals surface area contributed by atoms with Crippen LogP contribution in [0.4, 0.5) is 0 Å². The van der Waals surface area contributed by atoms with Gasteiger partial charge in [0.05, 0.1) is 25.7 Å². The van der Waals surface area contributed by atoms with Crippen LogP contribution in [-0.4, -0.2) is 24.9 Å². The first-order chi connectivity index (χ1) is 14.2. The molecule has 4 rings (SSSR count). The van der Waals surface area contributed by atoms with Crippen molar-refractivity contribution in [3.63, 3.8) is 0 Å². The molecule has 1 aromatic heterocycles. The number of rotatable bonds is 4. The van der Waals surface area contributed by atoms with Gasteiger partial charge in [0.25, 0.3) is 10.0 Å². The topological polar surface area (TPSA) is 76.5 Å². The number of thiazole rings is 1. The second-order valence-corrected chi connectivity index (χ2v) is 10.8. The van der Waals surface area contributed by atoms with Gasteiger partial charge in [0, 0.05) is 0 Å². The number of fused-ring (bicyclic) bond motifs is 1. The van der Waals surface area contributed by atoms with Gasteiger partial charge in [-0.3, -0.25) is 4.79 Å². The molecule has 0 N–H and O–H groups in total. The van der Waals surface area contributed by atoms with Gasteiger partial charge in [-0.15, -0.1) is 11.3 Å². The lowest BCUT2D eigenvalue weighted by Crippen LogP contribution is -2.10. The maximum absolute atomic E-state index is 13.0. The highest BCUT2D eigenvalue weighted by atomic mass is 32.2. The fraction of sp³-hybridized carbons (Fsp3) is 0.136. The lowest BCUT2D eigenvalue weighted by molar-refractivity contribution is -0.110. The number of thioether (sulfide) groups is 1. The minimum atomic E-state index is -3.91. The van der Waals surface area contributed by atoms with Crippen LogP contribution in [0.3, 0.4) is 0 Å². The fourth-order valence-electron chi connectivity index (χ4n) is 3.38. The van der Waals surface area contributed by atoms with Crippen molar-refractivity contribution in [2.45, 2.75) is 30.0 Å². The van der Waals surface area contributed by atoms with Crippen LogP contribution in [0.15, 0.2) is 73.2 Å². The number of carbonyl (C=O) groups is 1. The van der Waals surface area contributed by atoms with Gasteiger partial charge in [0.15, 0.2) is 10.1 Å². The van der Waals surface area contributed by atoms with Gasteiger partial charge in [-0.2, -0.15) is 12.8 Å². The maximum Gasteiger partial charge on any atom is 0.283 e. The van der Waals surface area contributed by atoms with E-state index in [1.807, 2.05) is 43.3 Å². The molecular formula is C22H18N2O3S3. The number of allylic oxidation sites excluding steroid dienone is 4. The Morgan fingerprint density at radius 1 is 1.03 bits per heavy atom. The van der Waals surface area contributed by atoms with E-state index in [0.29, 0.717) is 16.0 Å². The standard InChI is InChI=1S/C22H18N2O3S3/c1-13-10-14(2)21(15(3)11-13)30(26,27)24-16-8-9-18(25)20(12-16)29-22-23-17-6-4-5-7-19(17)28-22/h4-12H,1-3H3. The van der Waals surface area contributed by atoms with Crippen molar-refractivity contribution < 1.29 is 13.2 Å². The van der Waals surface area contributed by atoms with Crippen LogP contribution in [0.2, 0.25) is 0 Å². The van der Waals surface area contributed by atoms with Crippen molar-refractivity contribution in [2.75, 3.05) is 0 Å². The summed E-state index contributed by atoms with van der Waals surface area (Å²) >= 11 is 2.71. The average molecular weight is 455 g/mol. The summed E-state index contributed by atoms with van der Waals surface area (Å²) in [6, 6.07) is 11.4. The maximum atomic E-state index is 13.0. The summed E-state index contributed by atoms with van der Waals surface area (Å²) in [5.74, 6) is -0.196. The van der Waals surface area contributed by atoms with Gasteiger partial charge < -0.3 is 0 Å². The second kappa shape index (κ2) is 7.94. The molecule has 0 spiro atoms. The lowest BCUT2D eigenvalue weighted by atomic mass is 10.1. The van der Waals surface area contributed by atoms with E-state index in [1.54, 1.807) is 13.8 Å². The van der Waals surface area contributed by atoms with Gasteiger partial charge in [0.2, 0.25) is 0 Å². The van der Waals surface area contributed by atoms with Crippen molar-refractivity contribution in [3.8, 4) is 0 Å². The van der Waals surface area contributed by atoms with Crippen LogP contribution in [0.1, 0.15) is 16.7 Å². The number of hydrogen-bond donors (Lipinski definition) is 0. The molecule has 8 heteroatoms. The highest BCUT2D eigenvalue weighted by Crippen LogP contribution is 2.35. The van der Waals surface area contributed by atoms with E-state index in [1.165, 1.54) is 41.3 Å². The Hall–Kier alpha value is -2.55. The Bertz CT molecular complexity index is 1320. The molecule has 0 amide bonds. The first-order valence-electron chi connectivity index (χ1n) is 9.13. The Morgan fingerprint density at radius 3 is 2.43 bits per heavy atom. The molecule has 1 aliphatic carbocycles. The van der Waals surface area contributed by atoms with Crippen molar-refractivity contribution in [3.05, 3.63) is 76.2 Å². The minimum absolute atomic E-state index is 0.196. The number of sulfonamides is 1. The van der Waals surface area contributed by atoms with Crippen LogP contribution in [0.5, 0.6) is 0 Å². The Balaban J connectivity index is 1.69. The molecule has 0 fully saturated rings. The minimum Gasteiger partial charge on any atom is -0.289 e. The van der Waals surface area contributed by atoms with E-state index in [9.17, 15) is 13.2 Å². The zero-order chi connectivity index (χ0) is 21.5. The number of ketones is 1. The molecular weight excluding hydrogens is 436 g/mol. The van der Waals surface area contributed by atoms with Crippen LogP contribution in [0, 0.1) is 20.8 Å². The molecule has 0 saturated carbocycles. The molecule has 0 saturated heterocycles. The normalized spacial score (nSPS) is 15.8. The van der Waals surface area contributed by atoms with E-state index in [2.05, 4.69) is 9.38 Å². The first kappa shape index (κ1) is 20.7. The number of hydrogen-bond acceptors (Lipinski definition) is 6. The quantitative estimate of drug-likeness (QED) is 0.509. The SMILES string of the molecule is Cc1cc(C)c(S(=O)(=O)N=C2C=CC(=O)C(Sc3nc4ccccc4s3)=C2)c(C)c1. The van der Waals surface area contributed by atoms with Crippen LogP contribution < -0.4 is 0 Å². The van der Waals surface area contributed by atoms with Gasteiger partial charge in [0.1, 0.15) is 0 Å². The third-order valence-electron chi connectivity index (χ3n) is 4.49. The molecule has 0 aliphatic heterocycles. The van der Waals surface area contributed by atoms with E-state index >= 15 is 0 Å². The zero-order valence-electron chi connectivity index (χ0n) is 16.5. The summed E-state index contributed by atoms with van der Waals surface area (Å²) in [5, 5.41) is 0. The Kier molecular flexibility index (Phi) is 5.48. The number of aromatic nitrogens is 1. The number of carbonyl (C=O) groups excluding carboxylic acids is 1. The van der Waals surface area contributed by atoms with E-state index in [4.69, 9.17) is 0 Å². The lowest BCUT2D eigenvalue weighted by Gasteiger charge is -2.11. The largest absolute Gasteiger partial charge is 0.289 e. The van der Waals surface area contributed by atoms with E-state index < -0.39 is 10.0 Å². The molecule has 30 heavy (non-hydrogen) atoms. The molecule has 0 bridgehead atoms. The zero-order valence-corrected chi connectivity index (χ0v) is 19.0. The van der Waals surface area contributed by atoms with Crippen molar-refractivity contribution >= 4 is 54.8 Å². The summed E-state index contributed by atoms with van der Waals surface area (Å²) in [5.41, 5.74) is 3.39. The van der Waals surface area contributed by atoms with Gasteiger partial charge in [-0.25, -0.2) is 4.98 Å². The monoisotopic (exact) mass is 454 g/mol. The molecule has 0 atom stereocenters.